The molecule has 2 aliphatic heterocycles. The van der Waals surface area contributed by atoms with Gasteiger partial charge in [-0.25, -0.2) is 0 Å². The fraction of sp³-hybridized carbons (Fsp3) is 0.379. The predicted octanol–water partition coefficient (Wildman–Crippen LogP) is 4.94. The molecule has 1 aromatic heterocycles. The van der Waals surface area contributed by atoms with E-state index in [9.17, 15) is 9.59 Å². The van der Waals surface area contributed by atoms with Crippen molar-refractivity contribution >= 4 is 23.2 Å². The number of carbonyl (C=O) groups is 2. The Morgan fingerprint density at radius 2 is 1.81 bits per heavy atom. The number of carbonyl (C=O) groups excluding carboxylic acids is 2. The molecule has 7 nitrogen and oxygen atoms in total. The van der Waals surface area contributed by atoms with Gasteiger partial charge in [-0.1, -0.05) is 24.3 Å². The normalized spacial score (nSPS) is 16.1. The number of aryl methyl sites for hydroxylation is 2. The minimum Gasteiger partial charge on any atom is -0.454 e. The van der Waals surface area contributed by atoms with Crippen molar-refractivity contribution < 1.29 is 23.8 Å². The highest BCUT2D eigenvalue weighted by Crippen LogP contribution is 2.33. The molecular weight excluding hydrogens is 488 g/mol. The van der Waals surface area contributed by atoms with Crippen molar-refractivity contribution in [2.24, 2.45) is 0 Å². The fourth-order valence-electron chi connectivity index (χ4n) is 4.73. The number of hydrogen-bond donors (Lipinski definition) is 0. The van der Waals surface area contributed by atoms with Gasteiger partial charge in [0.1, 0.15) is 6.54 Å². The first-order valence-corrected chi connectivity index (χ1v) is 13.5. The van der Waals surface area contributed by atoms with Gasteiger partial charge in [0.25, 0.3) is 5.91 Å². The lowest BCUT2D eigenvalue weighted by Crippen LogP contribution is -2.45. The van der Waals surface area contributed by atoms with Crippen LogP contribution >= 0.6 is 11.3 Å². The largest absolute Gasteiger partial charge is 0.454 e. The van der Waals surface area contributed by atoms with Crippen LogP contribution in [-0.2, 0) is 22.6 Å². The maximum Gasteiger partial charge on any atom is 0.254 e. The van der Waals surface area contributed by atoms with Crippen molar-refractivity contribution in [3.8, 4) is 11.5 Å². The molecular formula is C29H32N2O5S. The van der Waals surface area contributed by atoms with Gasteiger partial charge in [0.2, 0.25) is 12.7 Å². The minimum absolute atomic E-state index is 0.0119. The first-order chi connectivity index (χ1) is 18.0. The topological polar surface area (TPSA) is 68.3 Å². The zero-order valence-corrected chi connectivity index (χ0v) is 22.1. The average molecular weight is 521 g/mol. The van der Waals surface area contributed by atoms with E-state index < -0.39 is 0 Å². The number of amides is 2. The molecule has 8 heteroatoms. The highest BCUT2D eigenvalue weighted by molar-refractivity contribution is 7.10. The van der Waals surface area contributed by atoms with Gasteiger partial charge in [0, 0.05) is 30.1 Å². The zero-order chi connectivity index (χ0) is 25.8. The molecule has 0 aliphatic carbocycles. The van der Waals surface area contributed by atoms with Gasteiger partial charge in [0.05, 0.1) is 12.6 Å². The summed E-state index contributed by atoms with van der Waals surface area (Å²) in [4.78, 5) is 32.1. The highest BCUT2D eigenvalue weighted by Gasteiger charge is 2.28. The number of rotatable bonds is 9. The SMILES string of the molecule is Cc1ccccc1C(=O)N(CC(=O)N(Cc1ccc2c(c1)OCO2)Cc1sccc1C)CC1CCCO1. The Bertz CT molecular complexity index is 1270. The molecule has 1 unspecified atom stereocenters. The van der Waals surface area contributed by atoms with E-state index in [0.29, 0.717) is 43.3 Å². The Labute approximate surface area is 221 Å². The Hall–Kier alpha value is -3.36. The molecule has 37 heavy (non-hydrogen) atoms. The second-order valence-electron chi connectivity index (χ2n) is 9.60. The summed E-state index contributed by atoms with van der Waals surface area (Å²) in [6.45, 7) is 6.14. The van der Waals surface area contributed by atoms with E-state index in [1.807, 2.05) is 59.7 Å². The van der Waals surface area contributed by atoms with E-state index in [4.69, 9.17) is 14.2 Å². The molecule has 0 N–H and O–H groups in total. The van der Waals surface area contributed by atoms with Crippen LogP contribution in [0.25, 0.3) is 0 Å². The van der Waals surface area contributed by atoms with Crippen molar-refractivity contribution in [3.05, 3.63) is 81.0 Å². The number of thiophene rings is 1. The van der Waals surface area contributed by atoms with Gasteiger partial charge in [-0.05, 0) is 73.0 Å². The van der Waals surface area contributed by atoms with Gasteiger partial charge in [-0.2, -0.15) is 0 Å². The third-order valence-electron chi connectivity index (χ3n) is 6.90. The van der Waals surface area contributed by atoms with Gasteiger partial charge >= 0.3 is 0 Å². The molecule has 2 amide bonds. The lowest BCUT2D eigenvalue weighted by Gasteiger charge is -2.29. The third kappa shape index (κ3) is 5.97. The van der Waals surface area contributed by atoms with Crippen LogP contribution in [-0.4, -0.2) is 54.2 Å². The first kappa shape index (κ1) is 25.3. The Kier molecular flexibility index (Phi) is 7.76. The van der Waals surface area contributed by atoms with Crippen molar-refractivity contribution in [1.29, 1.82) is 0 Å². The number of ether oxygens (including phenoxy) is 3. The Morgan fingerprint density at radius 1 is 0.973 bits per heavy atom. The third-order valence-corrected chi connectivity index (χ3v) is 7.91. The Balaban J connectivity index is 1.39. The Morgan fingerprint density at radius 3 is 2.57 bits per heavy atom. The summed E-state index contributed by atoms with van der Waals surface area (Å²) in [5.41, 5.74) is 3.61. The summed E-state index contributed by atoms with van der Waals surface area (Å²) in [6.07, 6.45) is 1.81. The van der Waals surface area contributed by atoms with Crippen LogP contribution in [0.2, 0.25) is 0 Å². The predicted molar refractivity (Wildman–Crippen MR) is 142 cm³/mol. The van der Waals surface area contributed by atoms with Gasteiger partial charge in [-0.15, -0.1) is 11.3 Å². The standard InChI is InChI=1S/C29H32N2O5S/c1-20-6-3-4-8-24(20)29(33)31(16-23-7-5-12-34-23)18-28(32)30(17-27-21(2)11-13-37-27)15-22-9-10-25-26(14-22)36-19-35-25/h3-4,6,8-11,13-14,23H,5,7,12,15-19H2,1-2H3. The smallest absolute Gasteiger partial charge is 0.254 e. The molecule has 0 radical (unpaired) electrons. The van der Waals surface area contributed by atoms with Crippen LogP contribution in [0, 0.1) is 13.8 Å². The molecule has 3 heterocycles. The summed E-state index contributed by atoms with van der Waals surface area (Å²) in [5, 5.41) is 2.04. The highest BCUT2D eigenvalue weighted by atomic mass is 32.1. The first-order valence-electron chi connectivity index (χ1n) is 12.6. The second-order valence-corrected chi connectivity index (χ2v) is 10.6. The maximum absolute atomic E-state index is 13.9. The van der Waals surface area contributed by atoms with Gasteiger partial charge < -0.3 is 24.0 Å². The van der Waals surface area contributed by atoms with E-state index in [0.717, 1.165) is 34.4 Å². The molecule has 194 valence electrons. The molecule has 0 bridgehead atoms. The van der Waals surface area contributed by atoms with Crippen molar-refractivity contribution in [2.45, 2.75) is 45.9 Å². The van der Waals surface area contributed by atoms with Crippen LogP contribution in [0.4, 0.5) is 0 Å². The summed E-state index contributed by atoms with van der Waals surface area (Å²) >= 11 is 1.64. The molecule has 0 spiro atoms. The van der Waals surface area contributed by atoms with Crippen molar-refractivity contribution in [2.75, 3.05) is 26.5 Å². The number of nitrogens with zero attached hydrogens (tertiary/aromatic N) is 2. The molecule has 1 atom stereocenters. The van der Waals surface area contributed by atoms with Crippen molar-refractivity contribution in [3.63, 3.8) is 0 Å². The van der Waals surface area contributed by atoms with Gasteiger partial charge in [0.15, 0.2) is 11.5 Å². The van der Waals surface area contributed by atoms with Crippen LogP contribution in [0.3, 0.4) is 0 Å². The maximum atomic E-state index is 13.9. The second kappa shape index (κ2) is 11.4. The number of benzene rings is 2. The van der Waals surface area contributed by atoms with Crippen LogP contribution < -0.4 is 9.47 Å². The van der Waals surface area contributed by atoms with E-state index in [1.165, 1.54) is 0 Å². The summed E-state index contributed by atoms with van der Waals surface area (Å²) < 4.78 is 16.8. The summed E-state index contributed by atoms with van der Waals surface area (Å²) in [7, 11) is 0. The van der Waals surface area contributed by atoms with E-state index in [1.54, 1.807) is 16.2 Å². The van der Waals surface area contributed by atoms with Gasteiger partial charge in [-0.3, -0.25) is 9.59 Å². The molecule has 3 aromatic rings. The number of fused-ring (bicyclic) bond motifs is 1. The fourth-order valence-corrected chi connectivity index (χ4v) is 5.65. The van der Waals surface area contributed by atoms with E-state index in [-0.39, 0.29) is 31.3 Å². The summed E-state index contributed by atoms with van der Waals surface area (Å²) in [6, 6.07) is 15.3. The van der Waals surface area contributed by atoms with Crippen LogP contribution in [0.1, 0.15) is 44.8 Å². The zero-order valence-electron chi connectivity index (χ0n) is 21.3. The number of hydrogen-bond acceptors (Lipinski definition) is 6. The van der Waals surface area contributed by atoms with Crippen molar-refractivity contribution in [1.82, 2.24) is 9.80 Å². The monoisotopic (exact) mass is 520 g/mol. The minimum atomic E-state index is -0.141. The lowest BCUT2D eigenvalue weighted by atomic mass is 10.1. The lowest BCUT2D eigenvalue weighted by molar-refractivity contribution is -0.133. The molecule has 2 aliphatic rings. The van der Waals surface area contributed by atoms with Crippen LogP contribution in [0.5, 0.6) is 11.5 Å². The molecule has 5 rings (SSSR count). The molecule has 1 saturated heterocycles. The molecule has 0 saturated carbocycles. The van der Waals surface area contributed by atoms with Crippen LogP contribution in [0.15, 0.2) is 53.9 Å². The van der Waals surface area contributed by atoms with E-state index in [2.05, 4.69) is 13.0 Å². The molecule has 2 aromatic carbocycles. The molecule has 1 fully saturated rings. The quantitative estimate of drug-likeness (QED) is 0.400. The van der Waals surface area contributed by atoms with E-state index >= 15 is 0 Å². The summed E-state index contributed by atoms with van der Waals surface area (Å²) in [5.74, 6) is 1.15. The average Bonchev–Trinajstić information content (AvgIpc) is 3.66.